The third-order valence-electron chi connectivity index (χ3n) is 2.89. The topological polar surface area (TPSA) is 42.2 Å². The second-order valence-corrected chi connectivity index (χ2v) is 5.51. The standard InChI is InChI=1S/C13H8BrClF2N4/c14-11-6-21-8(3-19-12(21)5-18-11)4-20-13-9(15)1-7(16)2-10(13)17/h1-3,5-6,20H,4H2. The van der Waals surface area contributed by atoms with Gasteiger partial charge in [0, 0.05) is 12.3 Å². The van der Waals surface area contributed by atoms with Crippen LogP contribution in [0, 0.1) is 11.6 Å². The fourth-order valence-corrected chi connectivity index (χ4v) is 2.51. The minimum Gasteiger partial charge on any atom is -0.376 e. The van der Waals surface area contributed by atoms with Gasteiger partial charge in [-0.1, -0.05) is 11.6 Å². The molecule has 0 aliphatic carbocycles. The minimum absolute atomic E-state index is 0.0100. The molecule has 0 spiro atoms. The zero-order valence-corrected chi connectivity index (χ0v) is 12.8. The Labute approximate surface area is 131 Å². The molecule has 3 rings (SSSR count). The van der Waals surface area contributed by atoms with Gasteiger partial charge in [0.15, 0.2) is 11.5 Å². The van der Waals surface area contributed by atoms with E-state index in [1.165, 1.54) is 0 Å². The van der Waals surface area contributed by atoms with Gasteiger partial charge in [-0.3, -0.25) is 4.40 Å². The van der Waals surface area contributed by atoms with Crippen molar-refractivity contribution in [1.82, 2.24) is 14.4 Å². The van der Waals surface area contributed by atoms with E-state index < -0.39 is 11.6 Å². The second-order valence-electron chi connectivity index (χ2n) is 4.29. The highest BCUT2D eigenvalue weighted by atomic mass is 79.9. The van der Waals surface area contributed by atoms with Crippen LogP contribution in [0.15, 0.2) is 35.3 Å². The Balaban J connectivity index is 1.89. The monoisotopic (exact) mass is 372 g/mol. The Hall–Kier alpha value is -1.73. The van der Waals surface area contributed by atoms with Gasteiger partial charge < -0.3 is 5.32 Å². The van der Waals surface area contributed by atoms with Crippen molar-refractivity contribution in [2.75, 3.05) is 5.32 Å². The molecule has 2 heterocycles. The van der Waals surface area contributed by atoms with Crippen LogP contribution in [0.25, 0.3) is 5.65 Å². The smallest absolute Gasteiger partial charge is 0.155 e. The quantitative estimate of drug-likeness (QED) is 0.753. The van der Waals surface area contributed by atoms with Crippen LogP contribution < -0.4 is 5.32 Å². The van der Waals surface area contributed by atoms with Gasteiger partial charge in [-0.2, -0.15) is 0 Å². The lowest BCUT2D eigenvalue weighted by atomic mass is 10.3. The maximum atomic E-state index is 13.7. The van der Waals surface area contributed by atoms with Gasteiger partial charge in [-0.15, -0.1) is 0 Å². The zero-order valence-electron chi connectivity index (χ0n) is 10.4. The summed E-state index contributed by atoms with van der Waals surface area (Å²) in [5, 5.41) is 2.84. The molecule has 0 atom stereocenters. The van der Waals surface area contributed by atoms with Crippen molar-refractivity contribution in [2.45, 2.75) is 6.54 Å². The van der Waals surface area contributed by atoms with Crippen molar-refractivity contribution >= 4 is 38.9 Å². The molecule has 0 bridgehead atoms. The molecule has 0 unspecified atom stereocenters. The van der Waals surface area contributed by atoms with Gasteiger partial charge in [-0.05, 0) is 22.0 Å². The van der Waals surface area contributed by atoms with Crippen LogP contribution in [-0.4, -0.2) is 14.4 Å². The van der Waals surface area contributed by atoms with E-state index >= 15 is 0 Å². The van der Waals surface area contributed by atoms with E-state index in [0.29, 0.717) is 10.3 Å². The number of benzene rings is 1. The number of rotatable bonds is 3. The van der Waals surface area contributed by atoms with E-state index in [1.807, 2.05) is 0 Å². The Morgan fingerprint density at radius 1 is 1.24 bits per heavy atom. The summed E-state index contributed by atoms with van der Waals surface area (Å²) in [6.45, 7) is 0.278. The van der Waals surface area contributed by atoms with Gasteiger partial charge in [0.1, 0.15) is 10.4 Å². The van der Waals surface area contributed by atoms with E-state index in [2.05, 4.69) is 31.2 Å². The van der Waals surface area contributed by atoms with E-state index in [1.54, 1.807) is 23.0 Å². The van der Waals surface area contributed by atoms with Crippen molar-refractivity contribution in [1.29, 1.82) is 0 Å². The molecule has 0 amide bonds. The van der Waals surface area contributed by atoms with Gasteiger partial charge in [-0.25, -0.2) is 18.7 Å². The third kappa shape index (κ3) is 2.84. The van der Waals surface area contributed by atoms with Crippen LogP contribution in [0.3, 0.4) is 0 Å². The summed E-state index contributed by atoms with van der Waals surface area (Å²) in [4.78, 5) is 8.25. The summed E-state index contributed by atoms with van der Waals surface area (Å²) in [6, 6.07) is 1.84. The molecule has 0 saturated carbocycles. The van der Waals surface area contributed by atoms with Crippen LogP contribution in [0.2, 0.25) is 5.02 Å². The van der Waals surface area contributed by atoms with Crippen molar-refractivity contribution in [3.05, 3.63) is 57.7 Å². The molecule has 0 saturated heterocycles. The fourth-order valence-electron chi connectivity index (χ4n) is 1.94. The Morgan fingerprint density at radius 3 is 2.81 bits per heavy atom. The van der Waals surface area contributed by atoms with Gasteiger partial charge in [0.2, 0.25) is 0 Å². The highest BCUT2D eigenvalue weighted by molar-refractivity contribution is 9.10. The molecule has 0 fully saturated rings. The number of hydrogen-bond donors (Lipinski definition) is 1. The van der Waals surface area contributed by atoms with Gasteiger partial charge in [0.25, 0.3) is 0 Å². The lowest BCUT2D eigenvalue weighted by molar-refractivity contribution is 0.585. The normalized spacial score (nSPS) is 11.0. The Bertz CT molecular complexity index is 798. The predicted molar refractivity (Wildman–Crippen MR) is 79.4 cm³/mol. The molecule has 0 radical (unpaired) electrons. The van der Waals surface area contributed by atoms with Crippen LogP contribution in [0.4, 0.5) is 14.5 Å². The van der Waals surface area contributed by atoms with Crippen molar-refractivity contribution in [3.63, 3.8) is 0 Å². The largest absolute Gasteiger partial charge is 0.376 e. The maximum absolute atomic E-state index is 13.7. The van der Waals surface area contributed by atoms with E-state index in [-0.39, 0.29) is 17.3 Å². The summed E-state index contributed by atoms with van der Waals surface area (Å²) in [5.74, 6) is -1.45. The van der Waals surface area contributed by atoms with E-state index in [9.17, 15) is 8.78 Å². The summed E-state index contributed by atoms with van der Waals surface area (Å²) in [7, 11) is 0. The maximum Gasteiger partial charge on any atom is 0.155 e. The average Bonchev–Trinajstić information content (AvgIpc) is 2.80. The van der Waals surface area contributed by atoms with Crippen LogP contribution >= 0.6 is 27.5 Å². The number of nitrogens with zero attached hydrogens (tertiary/aromatic N) is 3. The molecule has 8 heteroatoms. The summed E-state index contributed by atoms with van der Waals surface area (Å²) in [6.07, 6.45) is 5.01. The molecule has 21 heavy (non-hydrogen) atoms. The number of halogens is 4. The number of fused-ring (bicyclic) bond motifs is 1. The van der Waals surface area contributed by atoms with E-state index in [0.717, 1.165) is 17.8 Å². The predicted octanol–water partition coefficient (Wildman–Crippen LogP) is 4.04. The first-order chi connectivity index (χ1) is 10.0. The molecule has 1 aromatic carbocycles. The molecule has 0 aliphatic rings. The lowest BCUT2D eigenvalue weighted by Crippen LogP contribution is -2.05. The van der Waals surface area contributed by atoms with E-state index in [4.69, 9.17) is 11.6 Å². The number of anilines is 1. The first-order valence-electron chi connectivity index (χ1n) is 5.90. The molecule has 3 aromatic rings. The van der Waals surface area contributed by atoms with Crippen molar-refractivity contribution in [3.8, 4) is 0 Å². The highest BCUT2D eigenvalue weighted by Gasteiger charge is 2.11. The number of nitrogens with one attached hydrogen (secondary N) is 1. The molecule has 4 nitrogen and oxygen atoms in total. The van der Waals surface area contributed by atoms with Gasteiger partial charge >= 0.3 is 0 Å². The second kappa shape index (κ2) is 5.57. The highest BCUT2D eigenvalue weighted by Crippen LogP contribution is 2.27. The minimum atomic E-state index is -0.739. The Kier molecular flexibility index (Phi) is 3.77. The number of hydrogen-bond acceptors (Lipinski definition) is 3. The molecule has 1 N–H and O–H groups in total. The summed E-state index contributed by atoms with van der Waals surface area (Å²) >= 11 is 9.11. The molecule has 108 valence electrons. The Morgan fingerprint density at radius 2 is 2.05 bits per heavy atom. The lowest BCUT2D eigenvalue weighted by Gasteiger charge is -2.09. The zero-order chi connectivity index (χ0) is 15.0. The number of imidazole rings is 1. The molecular formula is C13H8BrClF2N4. The van der Waals surface area contributed by atoms with Crippen molar-refractivity contribution < 1.29 is 8.78 Å². The van der Waals surface area contributed by atoms with Crippen molar-refractivity contribution in [2.24, 2.45) is 0 Å². The molecule has 0 aliphatic heterocycles. The molecule has 2 aromatic heterocycles. The summed E-state index contributed by atoms with van der Waals surface area (Å²) < 4.78 is 29.1. The van der Waals surface area contributed by atoms with Crippen LogP contribution in [0.5, 0.6) is 0 Å². The number of aromatic nitrogens is 3. The SMILES string of the molecule is Fc1cc(F)c(NCc2cnc3cnc(Br)cn23)c(Cl)c1. The average molecular weight is 374 g/mol. The fraction of sp³-hybridized carbons (Fsp3) is 0.0769. The van der Waals surface area contributed by atoms with Gasteiger partial charge in [0.05, 0.1) is 35.3 Å². The van der Waals surface area contributed by atoms with Crippen LogP contribution in [0.1, 0.15) is 5.69 Å². The first kappa shape index (κ1) is 14.2. The third-order valence-corrected chi connectivity index (χ3v) is 3.60. The first-order valence-corrected chi connectivity index (χ1v) is 7.07. The molecular weight excluding hydrogens is 366 g/mol. The van der Waals surface area contributed by atoms with Crippen LogP contribution in [-0.2, 0) is 6.54 Å². The summed E-state index contributed by atoms with van der Waals surface area (Å²) in [5.41, 5.74) is 1.51.